The fourth-order valence-electron chi connectivity index (χ4n) is 2.75. The van der Waals surface area contributed by atoms with Crippen molar-refractivity contribution >= 4 is 9.84 Å². The van der Waals surface area contributed by atoms with E-state index in [9.17, 15) is 13.5 Å². The summed E-state index contributed by atoms with van der Waals surface area (Å²) in [5.74, 6) is 0.180. The molecule has 2 N–H and O–H groups in total. The number of benzene rings is 1. The molecule has 0 amide bonds. The summed E-state index contributed by atoms with van der Waals surface area (Å²) in [4.78, 5) is 2.63. The molecule has 0 spiro atoms. The SMILES string of the molecule is CS(=O)(=O)c1ccc(CN2CCC(C(O)CO)CC2)cc1. The van der Waals surface area contributed by atoms with Crippen molar-refractivity contribution < 1.29 is 18.6 Å². The van der Waals surface area contributed by atoms with Gasteiger partial charge in [0.05, 0.1) is 17.6 Å². The first kappa shape index (κ1) is 16.4. The number of hydrogen-bond acceptors (Lipinski definition) is 5. The van der Waals surface area contributed by atoms with E-state index < -0.39 is 15.9 Å². The maximum atomic E-state index is 11.4. The summed E-state index contributed by atoms with van der Waals surface area (Å²) in [5, 5.41) is 18.6. The molecule has 5 nitrogen and oxygen atoms in total. The summed E-state index contributed by atoms with van der Waals surface area (Å²) < 4.78 is 22.8. The molecule has 1 heterocycles. The number of hydrogen-bond donors (Lipinski definition) is 2. The Labute approximate surface area is 126 Å². The Morgan fingerprint density at radius 1 is 1.24 bits per heavy atom. The van der Waals surface area contributed by atoms with Gasteiger partial charge in [-0.05, 0) is 49.5 Å². The average molecular weight is 313 g/mol. The molecule has 1 atom stereocenters. The minimum absolute atomic E-state index is 0.169. The zero-order valence-corrected chi connectivity index (χ0v) is 13.1. The number of rotatable bonds is 5. The Morgan fingerprint density at radius 2 is 1.81 bits per heavy atom. The molecule has 6 heteroatoms. The van der Waals surface area contributed by atoms with E-state index in [2.05, 4.69) is 4.90 Å². The minimum atomic E-state index is -3.14. The van der Waals surface area contributed by atoms with Crippen molar-refractivity contribution in [3.05, 3.63) is 29.8 Å². The maximum absolute atomic E-state index is 11.4. The zero-order chi connectivity index (χ0) is 15.5. The Morgan fingerprint density at radius 3 is 2.29 bits per heavy atom. The number of sulfone groups is 1. The van der Waals surface area contributed by atoms with Crippen molar-refractivity contribution in [3.63, 3.8) is 0 Å². The predicted molar refractivity (Wildman–Crippen MR) is 80.6 cm³/mol. The molecule has 1 fully saturated rings. The van der Waals surface area contributed by atoms with E-state index in [0.717, 1.165) is 38.0 Å². The lowest BCUT2D eigenvalue weighted by molar-refractivity contribution is 0.0172. The fraction of sp³-hybridized carbons (Fsp3) is 0.600. The van der Waals surface area contributed by atoms with Crippen LogP contribution in [0.1, 0.15) is 18.4 Å². The van der Waals surface area contributed by atoms with Crippen LogP contribution in [0.25, 0.3) is 0 Å². The number of aliphatic hydroxyl groups excluding tert-OH is 2. The standard InChI is InChI=1S/C15H23NO4S/c1-21(19,20)14-4-2-12(3-5-14)10-16-8-6-13(7-9-16)15(18)11-17/h2-5,13,15,17-18H,6-11H2,1H3. The van der Waals surface area contributed by atoms with Gasteiger partial charge in [-0.1, -0.05) is 12.1 Å². The van der Waals surface area contributed by atoms with E-state index in [-0.39, 0.29) is 12.5 Å². The molecule has 1 aliphatic heterocycles. The average Bonchev–Trinajstić information content (AvgIpc) is 2.47. The molecule has 0 bridgehead atoms. The summed E-state index contributed by atoms with van der Waals surface area (Å²) in [5.41, 5.74) is 1.09. The van der Waals surface area contributed by atoms with Crippen molar-refractivity contribution in [1.82, 2.24) is 4.90 Å². The van der Waals surface area contributed by atoms with Crippen LogP contribution >= 0.6 is 0 Å². The summed E-state index contributed by atoms with van der Waals surface area (Å²) in [7, 11) is -3.14. The lowest BCUT2D eigenvalue weighted by Crippen LogP contribution is -2.38. The summed E-state index contributed by atoms with van der Waals surface area (Å²) in [6, 6.07) is 7.00. The monoisotopic (exact) mass is 313 g/mol. The van der Waals surface area contributed by atoms with Crippen LogP contribution < -0.4 is 0 Å². The molecule has 1 aliphatic rings. The van der Waals surface area contributed by atoms with E-state index in [0.29, 0.717) is 4.90 Å². The Balaban J connectivity index is 1.89. The van der Waals surface area contributed by atoms with Crippen molar-refractivity contribution in [2.24, 2.45) is 5.92 Å². The molecule has 1 saturated heterocycles. The van der Waals surface area contributed by atoms with Gasteiger partial charge < -0.3 is 10.2 Å². The Bertz CT molecular complexity index is 548. The summed E-state index contributed by atoms with van der Waals surface area (Å²) in [6.45, 7) is 2.38. The number of likely N-dealkylation sites (tertiary alicyclic amines) is 1. The number of nitrogens with zero attached hydrogens (tertiary/aromatic N) is 1. The molecule has 1 unspecified atom stereocenters. The van der Waals surface area contributed by atoms with Crippen molar-refractivity contribution in [3.8, 4) is 0 Å². The van der Waals surface area contributed by atoms with Gasteiger partial charge in [0.1, 0.15) is 0 Å². The highest BCUT2D eigenvalue weighted by molar-refractivity contribution is 7.90. The molecule has 2 rings (SSSR count). The molecule has 0 radical (unpaired) electrons. The Hall–Kier alpha value is -0.950. The first-order chi connectivity index (χ1) is 9.90. The molecular weight excluding hydrogens is 290 g/mol. The Kier molecular flexibility index (Phi) is 5.37. The van der Waals surface area contributed by atoms with Crippen LogP contribution in [0.15, 0.2) is 29.2 Å². The van der Waals surface area contributed by atoms with Crippen LogP contribution in [0.3, 0.4) is 0 Å². The normalized spacial score (nSPS) is 19.6. The first-order valence-corrected chi connectivity index (χ1v) is 9.09. The molecule has 1 aromatic rings. The van der Waals surface area contributed by atoms with Gasteiger partial charge in [-0.25, -0.2) is 8.42 Å². The predicted octanol–water partition coefficient (Wildman–Crippen LogP) is 0.655. The van der Waals surface area contributed by atoms with Gasteiger partial charge in [0.25, 0.3) is 0 Å². The van der Waals surface area contributed by atoms with Crippen LogP contribution in [-0.4, -0.2) is 55.6 Å². The highest BCUT2D eigenvalue weighted by Crippen LogP contribution is 2.22. The van der Waals surface area contributed by atoms with Gasteiger partial charge in [-0.3, -0.25) is 4.90 Å². The minimum Gasteiger partial charge on any atom is -0.394 e. The second-order valence-corrected chi connectivity index (χ2v) is 7.80. The second kappa shape index (κ2) is 6.87. The van der Waals surface area contributed by atoms with Crippen molar-refractivity contribution in [2.75, 3.05) is 26.0 Å². The van der Waals surface area contributed by atoms with Crippen LogP contribution in [-0.2, 0) is 16.4 Å². The van der Waals surface area contributed by atoms with Gasteiger partial charge in [0.15, 0.2) is 9.84 Å². The lowest BCUT2D eigenvalue weighted by atomic mass is 9.91. The third-order valence-electron chi connectivity index (χ3n) is 4.12. The molecule has 0 aliphatic carbocycles. The third-order valence-corrected chi connectivity index (χ3v) is 5.25. The maximum Gasteiger partial charge on any atom is 0.175 e. The van der Waals surface area contributed by atoms with Crippen LogP contribution in [0.2, 0.25) is 0 Å². The van der Waals surface area contributed by atoms with E-state index >= 15 is 0 Å². The number of aliphatic hydroxyl groups is 2. The highest BCUT2D eigenvalue weighted by atomic mass is 32.2. The molecule has 0 saturated carbocycles. The van der Waals surface area contributed by atoms with Gasteiger partial charge >= 0.3 is 0 Å². The van der Waals surface area contributed by atoms with Gasteiger partial charge in [0, 0.05) is 12.8 Å². The van der Waals surface area contributed by atoms with Gasteiger partial charge in [-0.2, -0.15) is 0 Å². The van der Waals surface area contributed by atoms with E-state index in [1.54, 1.807) is 12.1 Å². The van der Waals surface area contributed by atoms with E-state index in [1.807, 2.05) is 12.1 Å². The largest absolute Gasteiger partial charge is 0.394 e. The van der Waals surface area contributed by atoms with Crippen molar-refractivity contribution in [1.29, 1.82) is 0 Å². The second-order valence-electron chi connectivity index (χ2n) is 5.78. The molecule has 21 heavy (non-hydrogen) atoms. The van der Waals surface area contributed by atoms with Crippen LogP contribution in [0.5, 0.6) is 0 Å². The third kappa shape index (κ3) is 4.51. The zero-order valence-electron chi connectivity index (χ0n) is 12.3. The topological polar surface area (TPSA) is 77.8 Å². The van der Waals surface area contributed by atoms with Gasteiger partial charge in [-0.15, -0.1) is 0 Å². The highest BCUT2D eigenvalue weighted by Gasteiger charge is 2.24. The van der Waals surface area contributed by atoms with E-state index in [1.165, 1.54) is 6.26 Å². The first-order valence-electron chi connectivity index (χ1n) is 7.20. The molecule has 118 valence electrons. The van der Waals surface area contributed by atoms with Gasteiger partial charge in [0.2, 0.25) is 0 Å². The fourth-order valence-corrected chi connectivity index (χ4v) is 3.38. The summed E-state index contributed by atoms with van der Waals surface area (Å²) >= 11 is 0. The molecular formula is C15H23NO4S. The van der Waals surface area contributed by atoms with Crippen molar-refractivity contribution in [2.45, 2.75) is 30.4 Å². The summed E-state index contributed by atoms with van der Waals surface area (Å²) in [6.07, 6.45) is 2.35. The number of piperidine rings is 1. The smallest absolute Gasteiger partial charge is 0.175 e. The van der Waals surface area contributed by atoms with Crippen LogP contribution in [0, 0.1) is 5.92 Å². The van der Waals surface area contributed by atoms with Crippen LogP contribution in [0.4, 0.5) is 0 Å². The van der Waals surface area contributed by atoms with E-state index in [4.69, 9.17) is 5.11 Å². The molecule has 1 aromatic carbocycles. The lowest BCUT2D eigenvalue weighted by Gasteiger charge is -2.33. The molecule has 0 aromatic heterocycles. The quantitative estimate of drug-likeness (QED) is 0.835.